The predicted molar refractivity (Wildman–Crippen MR) is 107 cm³/mol. The quantitative estimate of drug-likeness (QED) is 0.740. The molecule has 27 heavy (non-hydrogen) atoms. The third-order valence-corrected chi connectivity index (χ3v) is 5.45. The molecule has 1 fully saturated rings. The first kappa shape index (κ1) is 17.7. The number of hydrogen-bond donors (Lipinski definition) is 1. The van der Waals surface area contributed by atoms with Crippen LogP contribution in [0.5, 0.6) is 0 Å². The number of aryl methyl sites for hydroxylation is 1. The van der Waals surface area contributed by atoms with E-state index < -0.39 is 12.0 Å². The Morgan fingerprint density at radius 1 is 1.07 bits per heavy atom. The van der Waals surface area contributed by atoms with Crippen molar-refractivity contribution in [2.45, 2.75) is 38.3 Å². The van der Waals surface area contributed by atoms with Gasteiger partial charge in [-0.15, -0.1) is 0 Å². The molecule has 1 saturated heterocycles. The highest BCUT2D eigenvalue weighted by Crippen LogP contribution is 2.34. The highest BCUT2D eigenvalue weighted by atomic mass is 16.4. The van der Waals surface area contributed by atoms with Crippen LogP contribution >= 0.6 is 0 Å². The van der Waals surface area contributed by atoms with E-state index in [2.05, 4.69) is 42.2 Å². The van der Waals surface area contributed by atoms with Gasteiger partial charge in [-0.05, 0) is 44.0 Å². The fourth-order valence-electron chi connectivity index (χ4n) is 4.04. The zero-order valence-corrected chi connectivity index (χ0v) is 15.5. The molecule has 0 spiro atoms. The second kappa shape index (κ2) is 7.49. The van der Waals surface area contributed by atoms with Crippen LogP contribution in [0.2, 0.25) is 0 Å². The molecule has 0 bridgehead atoms. The van der Waals surface area contributed by atoms with Gasteiger partial charge in [-0.2, -0.15) is 0 Å². The Balaban J connectivity index is 1.83. The molecular formula is C23H24N2O2. The first-order chi connectivity index (χ1) is 13.1. The highest BCUT2D eigenvalue weighted by molar-refractivity contribution is 5.78. The van der Waals surface area contributed by atoms with Gasteiger partial charge in [-0.1, -0.05) is 60.5 Å². The van der Waals surface area contributed by atoms with Gasteiger partial charge in [0.25, 0.3) is 0 Å². The van der Waals surface area contributed by atoms with Crippen molar-refractivity contribution in [2.75, 3.05) is 6.54 Å². The third kappa shape index (κ3) is 3.58. The topological polar surface area (TPSA) is 53.4 Å². The number of benzene rings is 2. The molecule has 1 aliphatic heterocycles. The third-order valence-electron chi connectivity index (χ3n) is 5.45. The Morgan fingerprint density at radius 3 is 2.63 bits per heavy atom. The van der Waals surface area contributed by atoms with E-state index in [1.54, 1.807) is 0 Å². The normalized spacial score (nSPS) is 19.1. The monoisotopic (exact) mass is 360 g/mol. The molecule has 2 heterocycles. The highest BCUT2D eigenvalue weighted by Gasteiger charge is 2.35. The van der Waals surface area contributed by atoms with Gasteiger partial charge in [-0.3, -0.25) is 14.7 Å². The number of pyridine rings is 1. The number of rotatable bonds is 4. The lowest BCUT2D eigenvalue weighted by Gasteiger charge is -2.39. The van der Waals surface area contributed by atoms with Crippen molar-refractivity contribution in [3.8, 4) is 0 Å². The Bertz CT molecular complexity index is 952. The van der Waals surface area contributed by atoms with Gasteiger partial charge in [0.2, 0.25) is 0 Å². The summed E-state index contributed by atoms with van der Waals surface area (Å²) in [5, 5.41) is 10.9. The van der Waals surface area contributed by atoms with Crippen LogP contribution in [0, 0.1) is 6.92 Å². The summed E-state index contributed by atoms with van der Waals surface area (Å²) in [6, 6.07) is 19.9. The van der Waals surface area contributed by atoms with Crippen LogP contribution in [0.25, 0.3) is 10.9 Å². The number of carboxylic acid groups (broad SMARTS) is 1. The molecule has 2 atom stereocenters. The lowest BCUT2D eigenvalue weighted by Crippen LogP contribution is -2.47. The summed E-state index contributed by atoms with van der Waals surface area (Å²) < 4.78 is 0. The first-order valence-electron chi connectivity index (χ1n) is 9.54. The van der Waals surface area contributed by atoms with Crippen LogP contribution in [0.3, 0.4) is 0 Å². The van der Waals surface area contributed by atoms with Crippen LogP contribution < -0.4 is 0 Å². The average Bonchev–Trinajstić information content (AvgIpc) is 2.70. The van der Waals surface area contributed by atoms with Crippen LogP contribution in [0.1, 0.15) is 42.1 Å². The van der Waals surface area contributed by atoms with Crippen molar-refractivity contribution in [3.05, 3.63) is 77.5 Å². The average molecular weight is 360 g/mol. The van der Waals surface area contributed by atoms with Crippen molar-refractivity contribution in [2.24, 2.45) is 0 Å². The van der Waals surface area contributed by atoms with E-state index in [0.29, 0.717) is 6.42 Å². The Hall–Kier alpha value is -2.72. The Morgan fingerprint density at radius 2 is 1.85 bits per heavy atom. The number of para-hydroxylation sites is 1. The molecule has 3 aromatic rings. The molecule has 1 aromatic heterocycles. The number of aromatic nitrogens is 1. The van der Waals surface area contributed by atoms with Gasteiger partial charge in [0.05, 0.1) is 17.3 Å². The molecule has 4 nitrogen and oxygen atoms in total. The number of likely N-dealkylation sites (tertiary alicyclic amines) is 1. The second-order valence-electron chi connectivity index (χ2n) is 7.33. The first-order valence-corrected chi connectivity index (χ1v) is 9.54. The Labute approximate surface area is 159 Å². The summed E-state index contributed by atoms with van der Waals surface area (Å²) in [6.07, 6.45) is 2.66. The molecule has 0 aliphatic carbocycles. The number of nitrogens with zero attached hydrogens (tertiary/aromatic N) is 2. The van der Waals surface area contributed by atoms with Crippen molar-refractivity contribution in [1.29, 1.82) is 0 Å². The van der Waals surface area contributed by atoms with Crippen molar-refractivity contribution in [3.63, 3.8) is 0 Å². The maximum atomic E-state index is 11.9. The van der Waals surface area contributed by atoms with Crippen LogP contribution in [-0.4, -0.2) is 33.5 Å². The summed E-state index contributed by atoms with van der Waals surface area (Å²) in [6.45, 7) is 2.83. The van der Waals surface area contributed by atoms with E-state index in [4.69, 9.17) is 4.98 Å². The number of carboxylic acids is 1. The van der Waals surface area contributed by atoms with Crippen LogP contribution in [-0.2, 0) is 4.79 Å². The number of hydrogen-bond acceptors (Lipinski definition) is 3. The molecular weight excluding hydrogens is 336 g/mol. The maximum absolute atomic E-state index is 11.9. The molecule has 1 N–H and O–H groups in total. The smallest absolute Gasteiger partial charge is 0.320 e. The molecule has 4 rings (SSSR count). The lowest BCUT2D eigenvalue weighted by atomic mass is 9.93. The Kier molecular flexibility index (Phi) is 4.90. The van der Waals surface area contributed by atoms with Crippen molar-refractivity contribution in [1.82, 2.24) is 9.88 Å². The second-order valence-corrected chi connectivity index (χ2v) is 7.33. The molecule has 0 radical (unpaired) electrons. The predicted octanol–water partition coefficient (Wildman–Crippen LogP) is 4.57. The largest absolute Gasteiger partial charge is 0.480 e. The zero-order chi connectivity index (χ0) is 18.8. The van der Waals surface area contributed by atoms with Gasteiger partial charge >= 0.3 is 5.97 Å². The fraction of sp³-hybridized carbons (Fsp3) is 0.304. The molecule has 0 saturated carbocycles. The fourth-order valence-corrected chi connectivity index (χ4v) is 4.04. The minimum Gasteiger partial charge on any atom is -0.480 e. The summed E-state index contributed by atoms with van der Waals surface area (Å²) in [5.41, 5.74) is 4.13. The number of fused-ring (bicyclic) bond motifs is 1. The van der Waals surface area contributed by atoms with E-state index >= 15 is 0 Å². The standard InChI is InChI=1S/C23H24N2O2/c1-16-9-11-18(12-10-16)22(25-15-5-4-8-21(25)23(26)27)20-14-13-17-6-2-3-7-19(17)24-20/h2-3,6-7,9-14,21-22H,4-5,8,15H2,1H3,(H,26,27). The van der Waals surface area contributed by atoms with E-state index in [9.17, 15) is 9.90 Å². The summed E-state index contributed by atoms with van der Waals surface area (Å²) in [7, 11) is 0. The van der Waals surface area contributed by atoms with Gasteiger partial charge in [0.1, 0.15) is 6.04 Å². The van der Waals surface area contributed by atoms with Gasteiger partial charge < -0.3 is 5.11 Å². The van der Waals surface area contributed by atoms with Crippen LogP contribution in [0.4, 0.5) is 0 Å². The lowest BCUT2D eigenvalue weighted by molar-refractivity contribution is -0.145. The summed E-state index contributed by atoms with van der Waals surface area (Å²) >= 11 is 0. The minimum absolute atomic E-state index is 0.156. The summed E-state index contributed by atoms with van der Waals surface area (Å²) in [5.74, 6) is -0.743. The van der Waals surface area contributed by atoms with Crippen LogP contribution in [0.15, 0.2) is 60.7 Å². The SMILES string of the molecule is Cc1ccc(C(c2ccc3ccccc3n2)N2CCCCC2C(=O)O)cc1. The van der Waals surface area contributed by atoms with E-state index in [0.717, 1.165) is 41.5 Å². The molecule has 4 heteroatoms. The van der Waals surface area contributed by atoms with Gasteiger partial charge in [0, 0.05) is 5.39 Å². The van der Waals surface area contributed by atoms with Gasteiger partial charge in [-0.25, -0.2) is 0 Å². The van der Waals surface area contributed by atoms with E-state index in [1.165, 1.54) is 5.56 Å². The minimum atomic E-state index is -0.743. The van der Waals surface area contributed by atoms with Crippen molar-refractivity contribution < 1.29 is 9.90 Å². The number of aliphatic carboxylic acids is 1. The maximum Gasteiger partial charge on any atom is 0.320 e. The van der Waals surface area contributed by atoms with Gasteiger partial charge in [0.15, 0.2) is 0 Å². The molecule has 138 valence electrons. The number of carbonyl (C=O) groups is 1. The molecule has 0 amide bonds. The van der Waals surface area contributed by atoms with E-state index in [-0.39, 0.29) is 6.04 Å². The van der Waals surface area contributed by atoms with E-state index in [1.807, 2.05) is 30.3 Å². The zero-order valence-electron chi connectivity index (χ0n) is 15.5. The molecule has 2 aromatic carbocycles. The molecule has 2 unspecified atom stereocenters. The summed E-state index contributed by atoms with van der Waals surface area (Å²) in [4.78, 5) is 19.0. The van der Waals surface area contributed by atoms with Crippen molar-refractivity contribution >= 4 is 16.9 Å². The number of piperidine rings is 1. The molecule has 1 aliphatic rings.